The zero-order valence-corrected chi connectivity index (χ0v) is 18.6. The van der Waals surface area contributed by atoms with Gasteiger partial charge in [0.1, 0.15) is 12.4 Å². The topological polar surface area (TPSA) is 53.4 Å². The van der Waals surface area contributed by atoms with E-state index in [1.165, 1.54) is 44.1 Å². The molecule has 5 heteroatoms. The predicted octanol–water partition coefficient (Wildman–Crippen LogP) is 5.11. The van der Waals surface area contributed by atoms with Crippen LogP contribution in [0.2, 0.25) is 0 Å². The normalized spacial score (nSPS) is 26.9. The van der Waals surface area contributed by atoms with Crippen molar-refractivity contribution in [1.82, 2.24) is 9.55 Å². The summed E-state index contributed by atoms with van der Waals surface area (Å²) in [6, 6.07) is 10.9. The summed E-state index contributed by atoms with van der Waals surface area (Å²) >= 11 is 0. The molecule has 2 heterocycles. The second-order valence-electron chi connectivity index (χ2n) is 9.61. The zero-order chi connectivity index (χ0) is 21.2. The maximum Gasteiger partial charge on any atom is 0.300 e. The Morgan fingerprint density at radius 1 is 1.10 bits per heavy atom. The highest BCUT2D eigenvalue weighted by atomic mass is 16.6. The molecule has 0 N–H and O–H groups in total. The third-order valence-electron chi connectivity index (χ3n) is 7.53. The molecule has 2 bridgehead atoms. The van der Waals surface area contributed by atoms with Crippen LogP contribution in [0.15, 0.2) is 35.1 Å². The number of rotatable bonds is 7. The van der Waals surface area contributed by atoms with Gasteiger partial charge in [0.25, 0.3) is 11.6 Å². The van der Waals surface area contributed by atoms with E-state index in [0.29, 0.717) is 19.2 Å². The molecule has 0 amide bonds. The van der Waals surface area contributed by atoms with Crippen molar-refractivity contribution in [3.8, 4) is 11.8 Å². The minimum Gasteiger partial charge on any atom is -0.490 e. The molecule has 2 saturated carbocycles. The van der Waals surface area contributed by atoms with E-state index < -0.39 is 0 Å². The van der Waals surface area contributed by atoms with Gasteiger partial charge in [-0.2, -0.15) is 4.98 Å². The molecule has 1 unspecified atom stereocenters. The summed E-state index contributed by atoms with van der Waals surface area (Å²) in [7, 11) is 0. The highest BCUT2D eigenvalue weighted by Gasteiger charge is 2.37. The molecule has 1 atom stereocenters. The Morgan fingerprint density at radius 3 is 2.48 bits per heavy atom. The Kier molecular flexibility index (Phi) is 6.02. The molecule has 31 heavy (non-hydrogen) atoms. The average Bonchev–Trinajstić information content (AvgIpc) is 3.19. The summed E-state index contributed by atoms with van der Waals surface area (Å²) in [5.41, 5.74) is 2.29. The lowest BCUT2D eigenvalue weighted by molar-refractivity contribution is 0.143. The quantitative estimate of drug-likeness (QED) is 0.622. The van der Waals surface area contributed by atoms with Gasteiger partial charge < -0.3 is 9.47 Å². The van der Waals surface area contributed by atoms with Crippen molar-refractivity contribution in [3.05, 3.63) is 51.9 Å². The SMILES string of the molecule is CCCCc1cc(=O)nc2n1CC(COc1ccc(C3C4CCCC3CCC4)cc1)O2. The van der Waals surface area contributed by atoms with Crippen LogP contribution in [0.1, 0.15) is 75.5 Å². The first-order chi connectivity index (χ1) is 15.2. The number of nitrogens with zero attached hydrogens (tertiary/aromatic N) is 2. The van der Waals surface area contributed by atoms with Crippen LogP contribution in [-0.2, 0) is 13.0 Å². The van der Waals surface area contributed by atoms with Gasteiger partial charge in [0.05, 0.1) is 6.54 Å². The van der Waals surface area contributed by atoms with Crippen molar-refractivity contribution >= 4 is 0 Å². The fraction of sp³-hybridized carbons (Fsp3) is 0.615. The third-order valence-corrected chi connectivity index (χ3v) is 7.53. The Morgan fingerprint density at radius 2 is 1.81 bits per heavy atom. The van der Waals surface area contributed by atoms with Crippen LogP contribution in [0.4, 0.5) is 0 Å². The fourth-order valence-corrected chi connectivity index (χ4v) is 6.05. The number of ether oxygens (including phenoxy) is 2. The van der Waals surface area contributed by atoms with Gasteiger partial charge in [0, 0.05) is 11.8 Å². The van der Waals surface area contributed by atoms with E-state index in [1.54, 1.807) is 6.07 Å². The molecule has 5 rings (SSSR count). The van der Waals surface area contributed by atoms with E-state index in [1.807, 2.05) is 4.57 Å². The smallest absolute Gasteiger partial charge is 0.300 e. The van der Waals surface area contributed by atoms with E-state index in [9.17, 15) is 4.79 Å². The van der Waals surface area contributed by atoms with E-state index in [2.05, 4.69) is 36.2 Å². The van der Waals surface area contributed by atoms with Crippen LogP contribution in [0, 0.1) is 11.8 Å². The van der Waals surface area contributed by atoms with Crippen molar-refractivity contribution in [2.75, 3.05) is 6.61 Å². The molecule has 0 radical (unpaired) electrons. The standard InChI is InChI=1S/C26H34N2O3/c1-2-3-10-21-15-24(29)27-26-28(21)16-23(31-26)17-30-22-13-11-20(12-14-22)25-18-6-4-7-19(25)9-5-8-18/h11-15,18-19,23,25H,2-10,16-17H2,1H3. The lowest BCUT2D eigenvalue weighted by Crippen LogP contribution is -2.30. The van der Waals surface area contributed by atoms with Crippen LogP contribution in [0.25, 0.3) is 0 Å². The zero-order valence-electron chi connectivity index (χ0n) is 18.6. The third kappa shape index (κ3) is 4.37. The summed E-state index contributed by atoms with van der Waals surface area (Å²) in [5, 5.41) is 0. The molecule has 2 aromatic rings. The number of fused-ring (bicyclic) bond motifs is 3. The molecular formula is C26H34N2O3. The Hall–Kier alpha value is -2.30. The van der Waals surface area contributed by atoms with Crippen molar-refractivity contribution in [2.24, 2.45) is 11.8 Å². The van der Waals surface area contributed by atoms with E-state index >= 15 is 0 Å². The number of unbranched alkanes of at least 4 members (excludes halogenated alkanes) is 1. The van der Waals surface area contributed by atoms with Crippen molar-refractivity contribution in [2.45, 2.75) is 83.3 Å². The molecule has 0 spiro atoms. The number of benzene rings is 1. The van der Waals surface area contributed by atoms with Crippen LogP contribution in [0.3, 0.4) is 0 Å². The van der Waals surface area contributed by atoms with Crippen molar-refractivity contribution < 1.29 is 9.47 Å². The molecular weight excluding hydrogens is 388 g/mol. The van der Waals surface area contributed by atoms with Crippen LogP contribution in [0.5, 0.6) is 11.8 Å². The number of hydrogen-bond donors (Lipinski definition) is 0. The van der Waals surface area contributed by atoms with Gasteiger partial charge in [-0.15, -0.1) is 0 Å². The van der Waals surface area contributed by atoms with Crippen LogP contribution >= 0.6 is 0 Å². The fourth-order valence-electron chi connectivity index (χ4n) is 6.05. The summed E-state index contributed by atoms with van der Waals surface area (Å²) in [4.78, 5) is 15.9. The van der Waals surface area contributed by atoms with E-state index in [4.69, 9.17) is 9.47 Å². The highest BCUT2D eigenvalue weighted by molar-refractivity contribution is 5.31. The van der Waals surface area contributed by atoms with Crippen molar-refractivity contribution in [1.29, 1.82) is 0 Å². The summed E-state index contributed by atoms with van der Waals surface area (Å²) in [5.74, 6) is 3.39. The predicted molar refractivity (Wildman–Crippen MR) is 121 cm³/mol. The first-order valence-corrected chi connectivity index (χ1v) is 12.2. The molecule has 2 fully saturated rings. The van der Waals surface area contributed by atoms with Gasteiger partial charge in [-0.1, -0.05) is 38.3 Å². The Labute approximate surface area is 184 Å². The Balaban J connectivity index is 1.20. The molecule has 5 nitrogen and oxygen atoms in total. The number of aromatic nitrogens is 2. The van der Waals surface area contributed by atoms with Gasteiger partial charge in [-0.05, 0) is 74.0 Å². The van der Waals surface area contributed by atoms with Gasteiger partial charge in [0.15, 0.2) is 6.10 Å². The summed E-state index contributed by atoms with van der Waals surface area (Å²) < 4.78 is 14.0. The van der Waals surface area contributed by atoms with Gasteiger partial charge in [-0.25, -0.2) is 0 Å². The monoisotopic (exact) mass is 422 g/mol. The minimum atomic E-state index is -0.220. The van der Waals surface area contributed by atoms with Gasteiger partial charge in [-0.3, -0.25) is 9.36 Å². The summed E-state index contributed by atoms with van der Waals surface area (Å²) in [6.45, 7) is 3.30. The first-order valence-electron chi connectivity index (χ1n) is 12.2. The number of aryl methyl sites for hydroxylation is 1. The lowest BCUT2D eigenvalue weighted by atomic mass is 9.62. The minimum absolute atomic E-state index is 0.118. The van der Waals surface area contributed by atoms with Gasteiger partial charge in [0.2, 0.25) is 0 Å². The second kappa shape index (κ2) is 9.05. The molecule has 0 saturated heterocycles. The van der Waals surface area contributed by atoms with E-state index in [-0.39, 0.29) is 11.7 Å². The highest BCUT2D eigenvalue weighted by Crippen LogP contribution is 2.49. The molecule has 166 valence electrons. The average molecular weight is 423 g/mol. The molecule has 2 aliphatic carbocycles. The lowest BCUT2D eigenvalue weighted by Gasteiger charge is -2.43. The van der Waals surface area contributed by atoms with Crippen LogP contribution < -0.4 is 15.0 Å². The molecule has 1 aromatic carbocycles. The number of hydrogen-bond acceptors (Lipinski definition) is 4. The second-order valence-corrected chi connectivity index (χ2v) is 9.61. The summed E-state index contributed by atoms with van der Waals surface area (Å²) in [6.07, 6.45) is 11.3. The Bertz CT molecular complexity index is 930. The molecule has 1 aromatic heterocycles. The van der Waals surface area contributed by atoms with E-state index in [0.717, 1.165) is 48.5 Å². The first kappa shape index (κ1) is 20.6. The van der Waals surface area contributed by atoms with Crippen LogP contribution in [-0.4, -0.2) is 22.3 Å². The van der Waals surface area contributed by atoms with Gasteiger partial charge >= 0.3 is 0 Å². The maximum absolute atomic E-state index is 11.9. The molecule has 1 aliphatic heterocycles. The maximum atomic E-state index is 11.9. The molecule has 3 aliphatic rings. The van der Waals surface area contributed by atoms with Crippen molar-refractivity contribution in [3.63, 3.8) is 0 Å². The largest absolute Gasteiger partial charge is 0.490 e.